The summed E-state index contributed by atoms with van der Waals surface area (Å²) < 4.78 is 0. The quantitative estimate of drug-likeness (QED) is 0.695. The lowest BCUT2D eigenvalue weighted by molar-refractivity contribution is -0.121. The van der Waals surface area contributed by atoms with Crippen molar-refractivity contribution in [3.63, 3.8) is 0 Å². The van der Waals surface area contributed by atoms with Crippen molar-refractivity contribution in [3.05, 3.63) is 0 Å². The Morgan fingerprint density at radius 2 is 2.33 bits per heavy atom. The maximum atomic E-state index is 11.4. The lowest BCUT2D eigenvalue weighted by atomic mass is 10.1. The molecular formula is C11H22N2O2. The molecule has 0 spiro atoms. The number of hydrogen-bond acceptors (Lipinski definition) is 3. The van der Waals surface area contributed by atoms with Gasteiger partial charge in [0.25, 0.3) is 0 Å². The Hall–Kier alpha value is -0.610. The Labute approximate surface area is 91.6 Å². The maximum absolute atomic E-state index is 11.4. The minimum absolute atomic E-state index is 0.150. The fourth-order valence-corrected chi connectivity index (χ4v) is 2.16. The molecule has 1 fully saturated rings. The summed E-state index contributed by atoms with van der Waals surface area (Å²) in [6, 6.07) is 0.319. The Morgan fingerprint density at radius 1 is 1.53 bits per heavy atom. The molecule has 1 unspecified atom stereocenters. The minimum atomic E-state index is 0.150. The lowest BCUT2D eigenvalue weighted by Crippen LogP contribution is -2.39. The van der Waals surface area contributed by atoms with Crippen LogP contribution in [-0.2, 0) is 4.79 Å². The highest BCUT2D eigenvalue weighted by Crippen LogP contribution is 2.14. The van der Waals surface area contributed by atoms with E-state index in [0.717, 1.165) is 32.4 Å². The van der Waals surface area contributed by atoms with Crippen LogP contribution >= 0.6 is 0 Å². The molecule has 1 aliphatic rings. The SMILES string of the molecule is CCCN(CCO)C1CCCNC(=O)C1. The van der Waals surface area contributed by atoms with Gasteiger partial charge in [0.05, 0.1) is 6.61 Å². The number of rotatable bonds is 5. The molecule has 15 heavy (non-hydrogen) atoms. The van der Waals surface area contributed by atoms with Crippen molar-refractivity contribution in [2.24, 2.45) is 0 Å². The summed E-state index contributed by atoms with van der Waals surface area (Å²) in [6.45, 7) is 4.76. The monoisotopic (exact) mass is 214 g/mol. The summed E-state index contributed by atoms with van der Waals surface area (Å²) in [4.78, 5) is 13.6. The molecule has 1 aliphatic heterocycles. The van der Waals surface area contributed by atoms with Gasteiger partial charge in [-0.1, -0.05) is 6.92 Å². The Balaban J connectivity index is 2.51. The lowest BCUT2D eigenvalue weighted by Gasteiger charge is -2.29. The molecule has 1 saturated heterocycles. The Bertz CT molecular complexity index is 191. The number of aliphatic hydroxyl groups excluding tert-OH is 1. The van der Waals surface area contributed by atoms with Crippen molar-refractivity contribution >= 4 is 5.91 Å². The van der Waals surface area contributed by atoms with Crippen LogP contribution < -0.4 is 5.32 Å². The molecule has 0 radical (unpaired) electrons. The highest BCUT2D eigenvalue weighted by molar-refractivity contribution is 5.76. The minimum Gasteiger partial charge on any atom is -0.395 e. The zero-order valence-electron chi connectivity index (χ0n) is 9.54. The van der Waals surface area contributed by atoms with Gasteiger partial charge in [0.1, 0.15) is 0 Å². The fraction of sp³-hybridized carbons (Fsp3) is 0.909. The molecule has 0 aromatic heterocycles. The average Bonchev–Trinajstić information content (AvgIpc) is 2.42. The number of nitrogens with one attached hydrogen (secondary N) is 1. The molecule has 4 heteroatoms. The van der Waals surface area contributed by atoms with Crippen LogP contribution in [0.5, 0.6) is 0 Å². The third-order valence-corrected chi connectivity index (χ3v) is 2.87. The van der Waals surface area contributed by atoms with Gasteiger partial charge in [0.15, 0.2) is 0 Å². The normalized spacial score (nSPS) is 22.6. The van der Waals surface area contributed by atoms with E-state index in [1.807, 2.05) is 0 Å². The van der Waals surface area contributed by atoms with E-state index in [0.29, 0.717) is 19.0 Å². The van der Waals surface area contributed by atoms with Gasteiger partial charge in [-0.05, 0) is 25.8 Å². The summed E-state index contributed by atoms with van der Waals surface area (Å²) in [5.41, 5.74) is 0. The molecule has 4 nitrogen and oxygen atoms in total. The van der Waals surface area contributed by atoms with Gasteiger partial charge in [0, 0.05) is 25.6 Å². The molecule has 0 aromatic rings. The second-order valence-electron chi connectivity index (χ2n) is 4.11. The molecular weight excluding hydrogens is 192 g/mol. The molecule has 0 aliphatic carbocycles. The van der Waals surface area contributed by atoms with Gasteiger partial charge in [-0.2, -0.15) is 0 Å². The summed E-state index contributed by atoms with van der Waals surface area (Å²) >= 11 is 0. The standard InChI is InChI=1S/C11H22N2O2/c1-2-6-13(7-8-14)10-4-3-5-12-11(15)9-10/h10,14H,2-9H2,1H3,(H,12,15). The van der Waals surface area contributed by atoms with Crippen LogP contribution in [0.4, 0.5) is 0 Å². The maximum Gasteiger partial charge on any atom is 0.221 e. The molecule has 0 saturated carbocycles. The topological polar surface area (TPSA) is 52.6 Å². The molecule has 0 bridgehead atoms. The fourth-order valence-electron chi connectivity index (χ4n) is 2.16. The van der Waals surface area contributed by atoms with E-state index in [1.54, 1.807) is 0 Å². The van der Waals surface area contributed by atoms with Crippen molar-refractivity contribution in [1.29, 1.82) is 0 Å². The predicted molar refractivity (Wildman–Crippen MR) is 59.6 cm³/mol. The third-order valence-electron chi connectivity index (χ3n) is 2.87. The molecule has 1 atom stereocenters. The molecule has 0 aromatic carbocycles. The number of carbonyl (C=O) groups excluding carboxylic acids is 1. The smallest absolute Gasteiger partial charge is 0.221 e. The average molecular weight is 214 g/mol. The van der Waals surface area contributed by atoms with E-state index in [4.69, 9.17) is 5.11 Å². The van der Waals surface area contributed by atoms with Crippen molar-refractivity contribution in [2.75, 3.05) is 26.2 Å². The van der Waals surface area contributed by atoms with Crippen molar-refractivity contribution in [1.82, 2.24) is 10.2 Å². The first-order valence-electron chi connectivity index (χ1n) is 5.89. The highest BCUT2D eigenvalue weighted by Gasteiger charge is 2.22. The van der Waals surface area contributed by atoms with Crippen LogP contribution in [0.1, 0.15) is 32.6 Å². The number of nitrogens with zero attached hydrogens (tertiary/aromatic N) is 1. The van der Waals surface area contributed by atoms with Gasteiger partial charge >= 0.3 is 0 Å². The predicted octanol–water partition coefficient (Wildman–Crippen LogP) is 0.359. The molecule has 2 N–H and O–H groups in total. The number of hydrogen-bond donors (Lipinski definition) is 2. The van der Waals surface area contributed by atoms with Crippen molar-refractivity contribution in [2.45, 2.75) is 38.6 Å². The number of amides is 1. The number of carbonyl (C=O) groups is 1. The molecule has 1 amide bonds. The summed E-state index contributed by atoms with van der Waals surface area (Å²) in [7, 11) is 0. The van der Waals surface area contributed by atoms with Gasteiger partial charge < -0.3 is 10.4 Å². The second kappa shape index (κ2) is 6.80. The Kier molecular flexibility index (Phi) is 5.65. The summed E-state index contributed by atoms with van der Waals surface area (Å²) in [5.74, 6) is 0.150. The van der Waals surface area contributed by atoms with Crippen LogP contribution in [0.3, 0.4) is 0 Å². The van der Waals surface area contributed by atoms with Gasteiger partial charge in [0.2, 0.25) is 5.91 Å². The van der Waals surface area contributed by atoms with Crippen LogP contribution in [0.2, 0.25) is 0 Å². The van der Waals surface area contributed by atoms with E-state index in [2.05, 4.69) is 17.1 Å². The second-order valence-corrected chi connectivity index (χ2v) is 4.11. The first-order valence-corrected chi connectivity index (χ1v) is 5.89. The first kappa shape index (κ1) is 12.5. The largest absolute Gasteiger partial charge is 0.395 e. The number of aliphatic hydroxyl groups is 1. The van der Waals surface area contributed by atoms with Crippen molar-refractivity contribution in [3.8, 4) is 0 Å². The Morgan fingerprint density at radius 3 is 3.00 bits per heavy atom. The van der Waals surface area contributed by atoms with Crippen LogP contribution in [0.25, 0.3) is 0 Å². The van der Waals surface area contributed by atoms with E-state index in [9.17, 15) is 4.79 Å². The van der Waals surface area contributed by atoms with Crippen molar-refractivity contribution < 1.29 is 9.90 Å². The van der Waals surface area contributed by atoms with Gasteiger partial charge in [-0.3, -0.25) is 9.69 Å². The van der Waals surface area contributed by atoms with E-state index >= 15 is 0 Å². The van der Waals surface area contributed by atoms with E-state index < -0.39 is 0 Å². The van der Waals surface area contributed by atoms with Crippen LogP contribution in [-0.4, -0.2) is 48.2 Å². The summed E-state index contributed by atoms with van der Waals surface area (Å²) in [6.07, 6.45) is 3.75. The first-order chi connectivity index (χ1) is 7.27. The zero-order chi connectivity index (χ0) is 11.1. The summed E-state index contributed by atoms with van der Waals surface area (Å²) in [5, 5.41) is 11.9. The van der Waals surface area contributed by atoms with Crippen LogP contribution in [0.15, 0.2) is 0 Å². The van der Waals surface area contributed by atoms with Gasteiger partial charge in [-0.25, -0.2) is 0 Å². The molecule has 1 rings (SSSR count). The molecule has 1 heterocycles. The zero-order valence-corrected chi connectivity index (χ0v) is 9.54. The van der Waals surface area contributed by atoms with E-state index in [1.165, 1.54) is 0 Å². The molecule has 88 valence electrons. The highest BCUT2D eigenvalue weighted by atomic mass is 16.3. The third kappa shape index (κ3) is 4.18. The van der Waals surface area contributed by atoms with Gasteiger partial charge in [-0.15, -0.1) is 0 Å². The van der Waals surface area contributed by atoms with Crippen LogP contribution in [0, 0.1) is 0 Å². The van der Waals surface area contributed by atoms with E-state index in [-0.39, 0.29) is 12.5 Å².